The van der Waals surface area contributed by atoms with Gasteiger partial charge in [0.1, 0.15) is 5.75 Å². The third-order valence-corrected chi connectivity index (χ3v) is 3.47. The van der Waals surface area contributed by atoms with Crippen LogP contribution in [0, 0.1) is 0 Å². The molecule has 0 aromatic heterocycles. The average molecular weight is 316 g/mol. The Balaban J connectivity index is 2.67. The first kappa shape index (κ1) is 15.5. The fourth-order valence-corrected chi connectivity index (χ4v) is 1.89. The third kappa shape index (κ3) is 4.59. The molecule has 18 heavy (non-hydrogen) atoms. The summed E-state index contributed by atoms with van der Waals surface area (Å²) < 4.78 is 12.2. The number of hydrogen-bond acceptors (Lipinski definition) is 3. The van der Waals surface area contributed by atoms with Crippen LogP contribution in [0.2, 0.25) is 0 Å². The predicted octanol–water partition coefficient (Wildman–Crippen LogP) is 3.66. The Morgan fingerprint density at radius 1 is 1.39 bits per heavy atom. The first-order chi connectivity index (χ1) is 8.35. The smallest absolute Gasteiger partial charge is 0.124 e. The van der Waals surface area contributed by atoms with Crippen LogP contribution in [0.1, 0.15) is 38.8 Å². The highest BCUT2D eigenvalue weighted by Crippen LogP contribution is 2.28. The lowest BCUT2D eigenvalue weighted by Crippen LogP contribution is -2.25. The molecule has 0 spiro atoms. The second kappa shape index (κ2) is 6.55. The predicted molar refractivity (Wildman–Crippen MR) is 77.9 cm³/mol. The molecule has 0 saturated heterocycles. The van der Waals surface area contributed by atoms with Gasteiger partial charge in [0, 0.05) is 29.6 Å². The van der Waals surface area contributed by atoms with E-state index in [0.29, 0.717) is 6.61 Å². The van der Waals surface area contributed by atoms with E-state index in [0.717, 1.165) is 22.2 Å². The summed E-state index contributed by atoms with van der Waals surface area (Å²) >= 11 is 3.44. The van der Waals surface area contributed by atoms with Gasteiger partial charge < -0.3 is 15.2 Å². The number of nitrogens with two attached hydrogens (primary N) is 1. The van der Waals surface area contributed by atoms with Gasteiger partial charge >= 0.3 is 0 Å². The highest BCUT2D eigenvalue weighted by molar-refractivity contribution is 9.10. The maximum atomic E-state index is 5.94. The maximum Gasteiger partial charge on any atom is 0.124 e. The summed E-state index contributed by atoms with van der Waals surface area (Å²) in [4.78, 5) is 0. The molecule has 1 atom stereocenters. The first-order valence-corrected chi connectivity index (χ1v) is 6.88. The summed E-state index contributed by atoms with van der Waals surface area (Å²) in [6.07, 6.45) is 0.831. The Morgan fingerprint density at radius 3 is 2.61 bits per heavy atom. The molecule has 1 rings (SSSR count). The molecule has 0 radical (unpaired) electrons. The van der Waals surface area contributed by atoms with Gasteiger partial charge in [-0.3, -0.25) is 0 Å². The Kier molecular flexibility index (Phi) is 5.63. The average Bonchev–Trinajstić information content (AvgIpc) is 2.30. The van der Waals surface area contributed by atoms with Crippen molar-refractivity contribution in [1.82, 2.24) is 0 Å². The number of benzene rings is 1. The van der Waals surface area contributed by atoms with Gasteiger partial charge in [0.05, 0.1) is 12.2 Å². The zero-order chi connectivity index (χ0) is 13.8. The summed E-state index contributed by atoms with van der Waals surface area (Å²) in [7, 11) is 1.72. The molecule has 0 aliphatic heterocycles. The molecule has 3 nitrogen and oxygen atoms in total. The fraction of sp³-hybridized carbons (Fsp3) is 0.571. The van der Waals surface area contributed by atoms with Crippen molar-refractivity contribution >= 4 is 15.9 Å². The largest absolute Gasteiger partial charge is 0.493 e. The van der Waals surface area contributed by atoms with Crippen molar-refractivity contribution in [3.05, 3.63) is 28.2 Å². The zero-order valence-corrected chi connectivity index (χ0v) is 13.1. The van der Waals surface area contributed by atoms with E-state index in [2.05, 4.69) is 15.9 Å². The van der Waals surface area contributed by atoms with Crippen LogP contribution in [-0.4, -0.2) is 19.3 Å². The van der Waals surface area contributed by atoms with E-state index >= 15 is 0 Å². The third-order valence-electron chi connectivity index (χ3n) is 2.98. The van der Waals surface area contributed by atoms with Crippen LogP contribution in [0.4, 0.5) is 0 Å². The van der Waals surface area contributed by atoms with E-state index in [1.165, 1.54) is 0 Å². The van der Waals surface area contributed by atoms with Crippen LogP contribution < -0.4 is 10.5 Å². The Hall–Kier alpha value is -0.580. The molecule has 1 aromatic rings. The molecule has 4 heteroatoms. The molecule has 0 unspecified atom stereocenters. The van der Waals surface area contributed by atoms with Gasteiger partial charge in [-0.25, -0.2) is 0 Å². The zero-order valence-electron chi connectivity index (χ0n) is 11.5. The monoisotopic (exact) mass is 315 g/mol. The molecular formula is C14H22BrNO2. The van der Waals surface area contributed by atoms with Crippen LogP contribution >= 0.6 is 15.9 Å². The molecular weight excluding hydrogens is 294 g/mol. The van der Waals surface area contributed by atoms with E-state index in [1.54, 1.807) is 7.11 Å². The van der Waals surface area contributed by atoms with Crippen molar-refractivity contribution in [3.8, 4) is 5.75 Å². The van der Waals surface area contributed by atoms with Gasteiger partial charge in [0.25, 0.3) is 0 Å². The van der Waals surface area contributed by atoms with Crippen LogP contribution in [0.25, 0.3) is 0 Å². The number of halogens is 1. The molecule has 0 aliphatic rings. The Labute approximate surface area is 118 Å². The highest BCUT2D eigenvalue weighted by atomic mass is 79.9. The molecule has 0 fully saturated rings. The maximum absolute atomic E-state index is 5.94. The molecule has 0 heterocycles. The SMILES string of the molecule is COC(C)(C)CCOc1ccc(Br)cc1[C@@H](C)N. The summed E-state index contributed by atoms with van der Waals surface area (Å²) in [6.45, 7) is 6.66. The lowest BCUT2D eigenvalue weighted by Gasteiger charge is -2.23. The summed E-state index contributed by atoms with van der Waals surface area (Å²) in [5.41, 5.74) is 6.79. The number of rotatable bonds is 6. The van der Waals surface area contributed by atoms with Gasteiger partial charge in [0.15, 0.2) is 0 Å². The number of methoxy groups -OCH3 is 1. The molecule has 2 N–H and O–H groups in total. The molecule has 0 aliphatic carbocycles. The lowest BCUT2D eigenvalue weighted by atomic mass is 10.1. The Morgan fingerprint density at radius 2 is 2.06 bits per heavy atom. The van der Waals surface area contributed by atoms with Crippen LogP contribution in [0.15, 0.2) is 22.7 Å². The van der Waals surface area contributed by atoms with Gasteiger partial charge in [-0.2, -0.15) is 0 Å². The van der Waals surface area contributed by atoms with Gasteiger partial charge in [0.2, 0.25) is 0 Å². The molecule has 102 valence electrons. The molecule has 1 aromatic carbocycles. The first-order valence-electron chi connectivity index (χ1n) is 6.09. The van der Waals surface area contributed by atoms with E-state index in [-0.39, 0.29) is 11.6 Å². The second-order valence-electron chi connectivity index (χ2n) is 5.03. The van der Waals surface area contributed by atoms with Crippen molar-refractivity contribution in [1.29, 1.82) is 0 Å². The second-order valence-corrected chi connectivity index (χ2v) is 5.95. The van der Waals surface area contributed by atoms with E-state index in [4.69, 9.17) is 15.2 Å². The minimum Gasteiger partial charge on any atom is -0.493 e. The number of hydrogen-bond donors (Lipinski definition) is 1. The van der Waals surface area contributed by atoms with Gasteiger partial charge in [-0.1, -0.05) is 15.9 Å². The minimum absolute atomic E-state index is 0.0482. The summed E-state index contributed by atoms with van der Waals surface area (Å²) in [5, 5.41) is 0. The highest BCUT2D eigenvalue weighted by Gasteiger charge is 2.17. The van der Waals surface area contributed by atoms with Crippen molar-refractivity contribution in [2.75, 3.05) is 13.7 Å². The minimum atomic E-state index is -0.163. The quantitative estimate of drug-likeness (QED) is 0.871. The number of ether oxygens (including phenoxy) is 2. The standard InChI is InChI=1S/C14H22BrNO2/c1-10(16)12-9-11(15)5-6-13(12)18-8-7-14(2,3)17-4/h5-6,9-10H,7-8,16H2,1-4H3/t10-/m1/s1. The molecule has 0 saturated carbocycles. The van der Waals surface area contributed by atoms with Crippen molar-refractivity contribution < 1.29 is 9.47 Å². The van der Waals surface area contributed by atoms with Crippen LogP contribution in [0.3, 0.4) is 0 Å². The van der Waals surface area contributed by atoms with E-state index in [9.17, 15) is 0 Å². The van der Waals surface area contributed by atoms with E-state index < -0.39 is 0 Å². The van der Waals surface area contributed by atoms with E-state index in [1.807, 2.05) is 39.0 Å². The fourth-order valence-electron chi connectivity index (χ4n) is 1.52. The normalized spacial score (nSPS) is 13.4. The molecule has 0 bridgehead atoms. The van der Waals surface area contributed by atoms with Gasteiger partial charge in [-0.15, -0.1) is 0 Å². The molecule has 0 amide bonds. The van der Waals surface area contributed by atoms with Crippen LogP contribution in [0.5, 0.6) is 5.75 Å². The van der Waals surface area contributed by atoms with Crippen molar-refractivity contribution in [2.45, 2.75) is 38.8 Å². The topological polar surface area (TPSA) is 44.5 Å². The van der Waals surface area contributed by atoms with Crippen molar-refractivity contribution in [3.63, 3.8) is 0 Å². The Bertz CT molecular complexity index is 391. The van der Waals surface area contributed by atoms with Crippen molar-refractivity contribution in [2.24, 2.45) is 5.73 Å². The summed E-state index contributed by atoms with van der Waals surface area (Å²) in [5.74, 6) is 0.847. The summed E-state index contributed by atoms with van der Waals surface area (Å²) in [6, 6.07) is 5.86. The lowest BCUT2D eigenvalue weighted by molar-refractivity contribution is 0.00536. The van der Waals surface area contributed by atoms with Gasteiger partial charge in [-0.05, 0) is 39.0 Å². The van der Waals surface area contributed by atoms with Crippen LogP contribution in [-0.2, 0) is 4.74 Å².